The van der Waals surface area contributed by atoms with Crippen LogP contribution in [0.15, 0.2) is 60.7 Å². The van der Waals surface area contributed by atoms with Gasteiger partial charge in [0.05, 0.1) is 28.6 Å². The summed E-state index contributed by atoms with van der Waals surface area (Å²) in [6.07, 6.45) is 0. The van der Waals surface area contributed by atoms with Crippen molar-refractivity contribution in [3.63, 3.8) is 0 Å². The summed E-state index contributed by atoms with van der Waals surface area (Å²) < 4.78 is 13.5. The van der Waals surface area contributed by atoms with Gasteiger partial charge in [-0.1, -0.05) is 53.0 Å². The molecule has 1 aliphatic heterocycles. The zero-order chi connectivity index (χ0) is 24.9. The number of aromatic nitrogens is 2. The van der Waals surface area contributed by atoms with Gasteiger partial charge in [0.25, 0.3) is 0 Å². The molecule has 0 radical (unpaired) electrons. The molecule has 0 unspecified atom stereocenters. The van der Waals surface area contributed by atoms with E-state index in [2.05, 4.69) is 5.10 Å². The van der Waals surface area contributed by atoms with Crippen LogP contribution in [0.5, 0.6) is 5.75 Å². The predicted octanol–water partition coefficient (Wildman–Crippen LogP) is 7.97. The number of rotatable bonds is 4. The first kappa shape index (κ1) is 23.7. The first-order valence-electron chi connectivity index (χ1n) is 11.0. The number of esters is 1. The quantitative estimate of drug-likeness (QED) is 0.253. The average molecular weight is 528 g/mol. The molecule has 178 valence electrons. The van der Waals surface area contributed by atoms with E-state index in [4.69, 9.17) is 44.3 Å². The van der Waals surface area contributed by atoms with Crippen LogP contribution in [0.3, 0.4) is 0 Å². The molecule has 1 aromatic heterocycles. The maximum absolute atomic E-state index is 13.0. The first-order chi connectivity index (χ1) is 16.7. The van der Waals surface area contributed by atoms with Crippen LogP contribution in [-0.4, -0.2) is 22.4 Å². The fourth-order valence-corrected chi connectivity index (χ4v) is 5.06. The van der Waals surface area contributed by atoms with Crippen LogP contribution in [0.2, 0.25) is 15.1 Å². The van der Waals surface area contributed by atoms with E-state index in [1.807, 2.05) is 56.3 Å². The summed E-state index contributed by atoms with van der Waals surface area (Å²) in [6, 6.07) is 18.7. The maximum atomic E-state index is 13.0. The summed E-state index contributed by atoms with van der Waals surface area (Å²) in [5, 5.41) is 6.23. The van der Waals surface area contributed by atoms with Gasteiger partial charge in [-0.25, -0.2) is 9.48 Å². The van der Waals surface area contributed by atoms with Gasteiger partial charge in [0, 0.05) is 15.6 Å². The second-order valence-corrected chi connectivity index (χ2v) is 9.91. The first-order valence-corrected chi connectivity index (χ1v) is 12.2. The van der Waals surface area contributed by atoms with Gasteiger partial charge in [-0.15, -0.1) is 0 Å². The van der Waals surface area contributed by atoms with Crippen molar-refractivity contribution in [2.75, 3.05) is 6.61 Å². The Bertz CT molecular complexity index is 1480. The van der Waals surface area contributed by atoms with Crippen LogP contribution >= 0.6 is 34.8 Å². The number of halogens is 3. The van der Waals surface area contributed by atoms with Gasteiger partial charge in [-0.2, -0.15) is 5.10 Å². The van der Waals surface area contributed by atoms with Gasteiger partial charge in [-0.05, 0) is 74.4 Å². The lowest BCUT2D eigenvalue weighted by molar-refractivity contribution is 0.0500. The Morgan fingerprint density at radius 3 is 2.46 bits per heavy atom. The number of benzene rings is 3. The standard InChI is InChI=1S/C27H21Cl3N2O3/c1-4-34-26(33)24-23-25(32(31-24)21-11-9-18(29)14-20(21)30)19-10-8-16(13-22(19)35-27(23,2)3)15-6-5-7-17(28)12-15/h5-14H,4H2,1-3H3. The van der Waals surface area contributed by atoms with Gasteiger partial charge in [0.2, 0.25) is 0 Å². The Kier molecular flexibility index (Phi) is 6.04. The number of carbonyl (C=O) groups excluding carboxylic acids is 1. The van der Waals surface area contributed by atoms with E-state index in [9.17, 15) is 4.79 Å². The molecule has 4 aromatic rings. The number of nitrogens with zero attached hydrogens (tertiary/aromatic N) is 2. The van der Waals surface area contributed by atoms with Gasteiger partial charge in [0.15, 0.2) is 5.69 Å². The molecular formula is C27H21Cl3N2O3. The highest BCUT2D eigenvalue weighted by Gasteiger charge is 2.42. The zero-order valence-electron chi connectivity index (χ0n) is 19.2. The number of carbonyl (C=O) groups is 1. The molecule has 0 amide bonds. The van der Waals surface area contributed by atoms with Crippen LogP contribution in [0, 0.1) is 0 Å². The third-order valence-corrected chi connectivity index (χ3v) is 6.63. The van der Waals surface area contributed by atoms with Crippen LogP contribution in [0.1, 0.15) is 36.8 Å². The number of fused-ring (bicyclic) bond motifs is 3. The van der Waals surface area contributed by atoms with E-state index in [1.54, 1.807) is 29.8 Å². The average Bonchev–Trinajstić information content (AvgIpc) is 3.21. The van der Waals surface area contributed by atoms with Crippen molar-refractivity contribution in [1.82, 2.24) is 9.78 Å². The Morgan fingerprint density at radius 2 is 1.74 bits per heavy atom. The molecule has 2 heterocycles. The van der Waals surface area contributed by atoms with Crippen LogP contribution < -0.4 is 4.74 Å². The smallest absolute Gasteiger partial charge is 0.359 e. The summed E-state index contributed by atoms with van der Waals surface area (Å²) in [7, 11) is 0. The van der Waals surface area contributed by atoms with E-state index >= 15 is 0 Å². The molecule has 0 aliphatic carbocycles. The van der Waals surface area contributed by atoms with Crippen molar-refractivity contribution in [2.45, 2.75) is 26.4 Å². The minimum Gasteiger partial charge on any atom is -0.482 e. The molecule has 0 N–H and O–H groups in total. The Balaban J connectivity index is 1.78. The lowest BCUT2D eigenvalue weighted by Gasteiger charge is -2.33. The molecule has 8 heteroatoms. The molecule has 1 aliphatic rings. The second-order valence-electron chi connectivity index (χ2n) is 8.63. The van der Waals surface area contributed by atoms with Gasteiger partial charge >= 0.3 is 5.97 Å². The molecule has 0 spiro atoms. The summed E-state index contributed by atoms with van der Waals surface area (Å²) in [6.45, 7) is 5.78. The SMILES string of the molecule is CCOC(=O)c1nn(-c2ccc(Cl)cc2Cl)c2c1C(C)(C)Oc1cc(-c3cccc(Cl)c3)ccc1-2. The molecular weight excluding hydrogens is 507 g/mol. The molecule has 0 fully saturated rings. The van der Waals surface area contributed by atoms with E-state index in [1.165, 1.54) is 0 Å². The lowest BCUT2D eigenvalue weighted by atomic mass is 9.88. The molecule has 0 bridgehead atoms. The summed E-state index contributed by atoms with van der Waals surface area (Å²) in [4.78, 5) is 13.0. The van der Waals surface area contributed by atoms with Crippen LogP contribution in [-0.2, 0) is 10.3 Å². The fraction of sp³-hybridized carbons (Fsp3) is 0.185. The van der Waals surface area contributed by atoms with E-state index < -0.39 is 11.6 Å². The minimum atomic E-state index is -0.880. The Labute approximate surface area is 218 Å². The third kappa shape index (κ3) is 4.18. The molecule has 0 saturated carbocycles. The van der Waals surface area contributed by atoms with Crippen molar-refractivity contribution in [3.05, 3.63) is 87.0 Å². The molecule has 5 rings (SSSR count). The van der Waals surface area contributed by atoms with Crippen molar-refractivity contribution in [3.8, 4) is 33.8 Å². The fourth-order valence-electron chi connectivity index (χ4n) is 4.38. The third-order valence-electron chi connectivity index (χ3n) is 5.85. The highest BCUT2D eigenvalue weighted by Crippen LogP contribution is 2.49. The Hall–Kier alpha value is -2.99. The lowest BCUT2D eigenvalue weighted by Crippen LogP contribution is -2.31. The van der Waals surface area contributed by atoms with Crippen LogP contribution in [0.25, 0.3) is 28.1 Å². The van der Waals surface area contributed by atoms with Crippen molar-refractivity contribution in [1.29, 1.82) is 0 Å². The van der Waals surface area contributed by atoms with Gasteiger partial charge in [-0.3, -0.25) is 0 Å². The number of hydrogen-bond acceptors (Lipinski definition) is 4. The Morgan fingerprint density at radius 1 is 1.00 bits per heavy atom. The van der Waals surface area contributed by atoms with Crippen molar-refractivity contribution in [2.24, 2.45) is 0 Å². The second kappa shape index (κ2) is 8.90. The molecule has 3 aromatic carbocycles. The van der Waals surface area contributed by atoms with Gasteiger partial charge < -0.3 is 9.47 Å². The normalized spacial score (nSPS) is 13.5. The molecule has 0 saturated heterocycles. The highest BCUT2D eigenvalue weighted by molar-refractivity contribution is 6.35. The number of ether oxygens (including phenoxy) is 2. The van der Waals surface area contributed by atoms with Crippen LogP contribution in [0.4, 0.5) is 0 Å². The topological polar surface area (TPSA) is 53.3 Å². The summed E-state index contributed by atoms with van der Waals surface area (Å²) in [5.41, 5.74) is 3.92. The summed E-state index contributed by atoms with van der Waals surface area (Å²) in [5.74, 6) is 0.130. The summed E-state index contributed by atoms with van der Waals surface area (Å²) >= 11 is 18.9. The maximum Gasteiger partial charge on any atom is 0.359 e. The van der Waals surface area contributed by atoms with Crippen molar-refractivity contribution < 1.29 is 14.3 Å². The van der Waals surface area contributed by atoms with Gasteiger partial charge in [0.1, 0.15) is 11.4 Å². The molecule has 0 atom stereocenters. The minimum absolute atomic E-state index is 0.183. The monoisotopic (exact) mass is 526 g/mol. The molecule has 5 nitrogen and oxygen atoms in total. The van der Waals surface area contributed by atoms with E-state index in [0.29, 0.717) is 37.8 Å². The zero-order valence-corrected chi connectivity index (χ0v) is 21.5. The van der Waals surface area contributed by atoms with Crippen molar-refractivity contribution >= 4 is 40.8 Å². The largest absolute Gasteiger partial charge is 0.482 e. The highest BCUT2D eigenvalue weighted by atomic mass is 35.5. The van der Waals surface area contributed by atoms with E-state index in [0.717, 1.165) is 16.7 Å². The predicted molar refractivity (Wildman–Crippen MR) is 139 cm³/mol. The number of hydrogen-bond donors (Lipinski definition) is 0. The molecule has 35 heavy (non-hydrogen) atoms. The van der Waals surface area contributed by atoms with E-state index in [-0.39, 0.29) is 12.3 Å².